The van der Waals surface area contributed by atoms with Crippen molar-refractivity contribution >= 4 is 23.4 Å². The first-order chi connectivity index (χ1) is 15.8. The lowest BCUT2D eigenvalue weighted by Gasteiger charge is -2.33. The molecule has 32 heavy (non-hydrogen) atoms. The number of thioether (sulfide) groups is 1. The van der Waals surface area contributed by atoms with Crippen LogP contribution >= 0.6 is 11.8 Å². The van der Waals surface area contributed by atoms with E-state index in [4.69, 9.17) is 4.74 Å². The second-order valence-electron chi connectivity index (χ2n) is 7.25. The smallest absolute Gasteiger partial charge is 0.240 e. The van der Waals surface area contributed by atoms with Crippen molar-refractivity contribution in [2.24, 2.45) is 0 Å². The highest BCUT2D eigenvalue weighted by Crippen LogP contribution is 2.37. The lowest BCUT2D eigenvalue weighted by molar-refractivity contribution is -0.116. The van der Waals surface area contributed by atoms with Crippen LogP contribution in [0, 0.1) is 0 Å². The zero-order chi connectivity index (χ0) is 21.8. The first-order valence-corrected chi connectivity index (χ1v) is 11.1. The standard InChI is InChI=1S/C24H21N5O2S/c30-23(25-18-12-6-2-7-13-18)22-21(17-10-4-1-5-11-17)28-29-20(26-27-24(29)32-22)16-31-19-14-8-3-9-15-19/h1-15,21-22,28H,16H2,(H,25,30)/t21-,22-/m1/s1. The predicted molar refractivity (Wildman–Crippen MR) is 124 cm³/mol. The Morgan fingerprint density at radius 3 is 2.31 bits per heavy atom. The van der Waals surface area contributed by atoms with Gasteiger partial charge >= 0.3 is 0 Å². The summed E-state index contributed by atoms with van der Waals surface area (Å²) in [4.78, 5) is 13.2. The highest BCUT2D eigenvalue weighted by Gasteiger charge is 2.37. The molecule has 2 atom stereocenters. The topological polar surface area (TPSA) is 81.1 Å². The third-order valence-corrected chi connectivity index (χ3v) is 6.29. The monoisotopic (exact) mass is 443 g/mol. The van der Waals surface area contributed by atoms with Crippen molar-refractivity contribution in [2.45, 2.75) is 23.1 Å². The van der Waals surface area contributed by atoms with Gasteiger partial charge in [0.2, 0.25) is 11.1 Å². The summed E-state index contributed by atoms with van der Waals surface area (Å²) in [7, 11) is 0. The van der Waals surface area contributed by atoms with Gasteiger partial charge in [0.25, 0.3) is 0 Å². The van der Waals surface area contributed by atoms with Crippen molar-refractivity contribution in [3.63, 3.8) is 0 Å². The van der Waals surface area contributed by atoms with Crippen LogP contribution in [0.15, 0.2) is 96.2 Å². The molecule has 4 aromatic rings. The molecular weight excluding hydrogens is 422 g/mol. The number of hydrogen-bond donors (Lipinski definition) is 2. The number of carbonyl (C=O) groups excluding carboxylic acids is 1. The minimum absolute atomic E-state index is 0.0983. The van der Waals surface area contributed by atoms with E-state index in [9.17, 15) is 4.79 Å². The van der Waals surface area contributed by atoms with E-state index < -0.39 is 5.25 Å². The van der Waals surface area contributed by atoms with Crippen molar-refractivity contribution in [1.29, 1.82) is 0 Å². The number of carbonyl (C=O) groups is 1. The van der Waals surface area contributed by atoms with Gasteiger partial charge in [-0.15, -0.1) is 10.2 Å². The third kappa shape index (κ3) is 4.31. The first kappa shape index (κ1) is 20.1. The maximum absolute atomic E-state index is 13.2. The molecule has 2 N–H and O–H groups in total. The molecular formula is C24H21N5O2S. The zero-order valence-electron chi connectivity index (χ0n) is 17.1. The van der Waals surface area contributed by atoms with Gasteiger partial charge < -0.3 is 15.5 Å². The Kier molecular flexibility index (Phi) is 5.76. The van der Waals surface area contributed by atoms with Crippen LogP contribution in [0.5, 0.6) is 5.75 Å². The second kappa shape index (κ2) is 9.15. The Hall–Kier alpha value is -3.78. The van der Waals surface area contributed by atoms with Gasteiger partial charge in [0.1, 0.15) is 17.6 Å². The molecule has 0 radical (unpaired) electrons. The van der Waals surface area contributed by atoms with Crippen LogP contribution in [-0.2, 0) is 11.4 Å². The fraction of sp³-hybridized carbons (Fsp3) is 0.125. The van der Waals surface area contributed by atoms with Crippen LogP contribution in [0.4, 0.5) is 5.69 Å². The number of benzene rings is 3. The molecule has 7 nitrogen and oxygen atoms in total. The lowest BCUT2D eigenvalue weighted by atomic mass is 10.0. The predicted octanol–water partition coefficient (Wildman–Crippen LogP) is 4.25. The highest BCUT2D eigenvalue weighted by atomic mass is 32.2. The Labute approximate surface area is 189 Å². The number of amides is 1. The van der Waals surface area contributed by atoms with Crippen molar-refractivity contribution in [3.8, 4) is 5.75 Å². The summed E-state index contributed by atoms with van der Waals surface area (Å²) in [5.74, 6) is 1.30. The average molecular weight is 444 g/mol. The Morgan fingerprint density at radius 1 is 0.938 bits per heavy atom. The fourth-order valence-corrected chi connectivity index (χ4v) is 4.60. The van der Waals surface area contributed by atoms with Gasteiger partial charge in [-0.1, -0.05) is 78.5 Å². The minimum Gasteiger partial charge on any atom is -0.486 e. The van der Waals surface area contributed by atoms with Crippen molar-refractivity contribution in [1.82, 2.24) is 14.9 Å². The van der Waals surface area contributed by atoms with E-state index in [2.05, 4.69) is 20.9 Å². The number of nitrogens with one attached hydrogen (secondary N) is 2. The molecule has 5 rings (SSSR count). The minimum atomic E-state index is -0.433. The summed E-state index contributed by atoms with van der Waals surface area (Å²) in [6.07, 6.45) is 0. The van der Waals surface area contributed by atoms with Gasteiger partial charge in [-0.05, 0) is 29.8 Å². The maximum atomic E-state index is 13.2. The number of fused-ring (bicyclic) bond motifs is 1. The molecule has 0 spiro atoms. The number of rotatable bonds is 6. The van der Waals surface area contributed by atoms with E-state index >= 15 is 0 Å². The number of ether oxygens (including phenoxy) is 1. The first-order valence-electron chi connectivity index (χ1n) is 10.2. The van der Waals surface area contributed by atoms with E-state index in [1.54, 1.807) is 0 Å². The average Bonchev–Trinajstić information content (AvgIpc) is 3.26. The Morgan fingerprint density at radius 2 is 1.59 bits per heavy atom. The summed E-state index contributed by atoms with van der Waals surface area (Å²) in [5, 5.41) is 11.8. The molecule has 0 bridgehead atoms. The van der Waals surface area contributed by atoms with Crippen molar-refractivity contribution in [3.05, 3.63) is 102 Å². The Bertz CT molecular complexity index is 1190. The highest BCUT2D eigenvalue weighted by molar-refractivity contribution is 8.00. The van der Waals surface area contributed by atoms with Gasteiger partial charge in [0, 0.05) is 5.69 Å². The third-order valence-electron chi connectivity index (χ3n) is 5.07. The molecule has 3 aromatic carbocycles. The normalized spacial score (nSPS) is 17.1. The van der Waals surface area contributed by atoms with E-state index in [1.807, 2.05) is 95.7 Å². The molecule has 0 saturated heterocycles. The summed E-state index contributed by atoms with van der Waals surface area (Å²) in [6, 6.07) is 28.7. The van der Waals surface area contributed by atoms with Gasteiger partial charge in [-0.3, -0.25) is 4.79 Å². The summed E-state index contributed by atoms with van der Waals surface area (Å²) >= 11 is 1.39. The lowest BCUT2D eigenvalue weighted by Crippen LogP contribution is -2.41. The van der Waals surface area contributed by atoms with E-state index in [1.165, 1.54) is 11.8 Å². The molecule has 0 aliphatic carbocycles. The van der Waals surface area contributed by atoms with Gasteiger partial charge in [0.05, 0.1) is 6.04 Å². The summed E-state index contributed by atoms with van der Waals surface area (Å²) in [5.41, 5.74) is 5.21. The molecule has 1 aliphatic heterocycles. The van der Waals surface area contributed by atoms with Crippen molar-refractivity contribution in [2.75, 3.05) is 10.7 Å². The zero-order valence-corrected chi connectivity index (χ0v) is 17.9. The van der Waals surface area contributed by atoms with E-state index in [0.29, 0.717) is 11.0 Å². The molecule has 160 valence electrons. The van der Waals surface area contributed by atoms with Crippen LogP contribution in [0.25, 0.3) is 0 Å². The van der Waals surface area contributed by atoms with E-state index in [0.717, 1.165) is 17.0 Å². The second-order valence-corrected chi connectivity index (χ2v) is 8.36. The van der Waals surface area contributed by atoms with Gasteiger partial charge in [-0.2, -0.15) is 0 Å². The largest absolute Gasteiger partial charge is 0.486 e. The molecule has 0 saturated carbocycles. The van der Waals surface area contributed by atoms with Crippen molar-refractivity contribution < 1.29 is 9.53 Å². The molecule has 2 heterocycles. The summed E-state index contributed by atoms with van der Waals surface area (Å²) < 4.78 is 7.68. The fourth-order valence-electron chi connectivity index (χ4n) is 3.50. The summed E-state index contributed by atoms with van der Waals surface area (Å²) in [6.45, 7) is 0.257. The number of hydrogen-bond acceptors (Lipinski definition) is 6. The Balaban J connectivity index is 1.41. The van der Waals surface area contributed by atoms with Crippen LogP contribution in [0.1, 0.15) is 17.4 Å². The van der Waals surface area contributed by atoms with Crippen LogP contribution in [0.2, 0.25) is 0 Å². The number of aromatic nitrogens is 3. The number of anilines is 1. The number of para-hydroxylation sites is 2. The molecule has 1 aromatic heterocycles. The quantitative estimate of drug-likeness (QED) is 0.464. The van der Waals surface area contributed by atoms with Crippen LogP contribution in [-0.4, -0.2) is 26.0 Å². The van der Waals surface area contributed by atoms with Gasteiger partial charge in [-0.25, -0.2) is 4.68 Å². The molecule has 0 fully saturated rings. The SMILES string of the molecule is O=C(Nc1ccccc1)[C@@H]1Sc2nnc(COc3ccccc3)n2N[C@@H]1c1ccccc1. The van der Waals surface area contributed by atoms with Gasteiger partial charge in [0.15, 0.2) is 5.82 Å². The van der Waals surface area contributed by atoms with Crippen LogP contribution in [0.3, 0.4) is 0 Å². The number of nitrogens with zero attached hydrogens (tertiary/aromatic N) is 3. The molecule has 1 aliphatic rings. The van der Waals surface area contributed by atoms with E-state index in [-0.39, 0.29) is 18.6 Å². The maximum Gasteiger partial charge on any atom is 0.240 e. The molecule has 0 unspecified atom stereocenters. The van der Waals surface area contributed by atoms with Crippen LogP contribution < -0.4 is 15.5 Å². The molecule has 8 heteroatoms. The molecule has 1 amide bonds.